The summed E-state index contributed by atoms with van der Waals surface area (Å²) >= 11 is 6.08. The average Bonchev–Trinajstić information content (AvgIpc) is 2.76. The molecule has 7 heteroatoms. The number of hydrogen-bond acceptors (Lipinski definition) is 2. The highest BCUT2D eigenvalue weighted by molar-refractivity contribution is 6.20. The minimum Gasteiger partial charge on any atom is -0.347 e. The number of aromatic nitrogens is 2. The summed E-state index contributed by atoms with van der Waals surface area (Å²) in [5, 5.41) is -0.544. The van der Waals surface area contributed by atoms with Gasteiger partial charge in [0.05, 0.1) is 10.9 Å². The Morgan fingerprint density at radius 2 is 1.95 bits per heavy atom. The summed E-state index contributed by atoms with van der Waals surface area (Å²) in [5.74, 6) is -1.37. The lowest BCUT2D eigenvalue weighted by molar-refractivity contribution is -0.131. The number of likely N-dealkylation sites (N-methyl/N-ethyl adjacent to an activating group) is 1. The van der Waals surface area contributed by atoms with Crippen molar-refractivity contribution in [2.24, 2.45) is 0 Å². The first-order chi connectivity index (χ1) is 9.73. The van der Waals surface area contributed by atoms with E-state index in [1.54, 1.807) is 27.9 Å². The molecular weight excluding hydrogens is 300 g/mol. The van der Waals surface area contributed by atoms with Crippen molar-refractivity contribution >= 4 is 28.5 Å². The number of carbonyl (C=O) groups is 1. The lowest BCUT2D eigenvalue weighted by Crippen LogP contribution is -2.30. The number of alkyl halides is 1. The molecule has 0 bridgehead atoms. The van der Waals surface area contributed by atoms with Crippen LogP contribution in [0.15, 0.2) is 12.1 Å². The van der Waals surface area contributed by atoms with Gasteiger partial charge in [-0.25, -0.2) is 13.8 Å². The van der Waals surface area contributed by atoms with Gasteiger partial charge in [0.15, 0.2) is 5.82 Å². The van der Waals surface area contributed by atoms with Crippen molar-refractivity contribution in [1.29, 1.82) is 0 Å². The van der Waals surface area contributed by atoms with Crippen LogP contribution in [0.3, 0.4) is 0 Å². The summed E-state index contributed by atoms with van der Waals surface area (Å²) in [4.78, 5) is 17.7. The Bertz CT molecular complexity index is 697. The zero-order chi connectivity index (χ0) is 15.9. The molecule has 2 aromatic rings. The SMILES string of the molecule is CC(Cl)c1nc2c(F)cc(F)cc2n1C(C)C(=O)N(C)C. The summed E-state index contributed by atoms with van der Waals surface area (Å²) < 4.78 is 28.9. The maximum Gasteiger partial charge on any atom is 0.244 e. The largest absolute Gasteiger partial charge is 0.347 e. The molecule has 2 rings (SSSR count). The van der Waals surface area contributed by atoms with Crippen molar-refractivity contribution in [2.45, 2.75) is 25.3 Å². The topological polar surface area (TPSA) is 38.1 Å². The first-order valence-electron chi connectivity index (χ1n) is 6.46. The minimum atomic E-state index is -0.771. The van der Waals surface area contributed by atoms with Gasteiger partial charge in [-0.2, -0.15) is 0 Å². The molecule has 4 nitrogen and oxygen atoms in total. The molecule has 0 saturated heterocycles. The molecule has 0 aliphatic carbocycles. The number of nitrogens with zero attached hydrogens (tertiary/aromatic N) is 3. The van der Waals surface area contributed by atoms with E-state index in [-0.39, 0.29) is 16.9 Å². The molecule has 2 atom stereocenters. The fraction of sp³-hybridized carbons (Fsp3) is 0.429. The molecule has 114 valence electrons. The van der Waals surface area contributed by atoms with E-state index in [0.29, 0.717) is 5.82 Å². The summed E-state index contributed by atoms with van der Waals surface area (Å²) in [6.45, 7) is 3.31. The van der Waals surface area contributed by atoms with Crippen molar-refractivity contribution in [1.82, 2.24) is 14.5 Å². The molecule has 2 unspecified atom stereocenters. The van der Waals surface area contributed by atoms with Gasteiger partial charge < -0.3 is 9.47 Å². The third-order valence-corrected chi connectivity index (χ3v) is 3.48. The monoisotopic (exact) mass is 315 g/mol. The van der Waals surface area contributed by atoms with Crippen LogP contribution >= 0.6 is 11.6 Å². The third kappa shape index (κ3) is 2.72. The van der Waals surface area contributed by atoms with Crippen molar-refractivity contribution in [2.75, 3.05) is 14.1 Å². The van der Waals surface area contributed by atoms with E-state index >= 15 is 0 Å². The van der Waals surface area contributed by atoms with Crippen molar-refractivity contribution in [3.8, 4) is 0 Å². The smallest absolute Gasteiger partial charge is 0.244 e. The Hall–Kier alpha value is -1.69. The molecule has 1 heterocycles. The van der Waals surface area contributed by atoms with Crippen LogP contribution in [-0.2, 0) is 4.79 Å². The van der Waals surface area contributed by atoms with Crippen molar-refractivity contribution in [3.05, 3.63) is 29.6 Å². The van der Waals surface area contributed by atoms with Crippen molar-refractivity contribution in [3.63, 3.8) is 0 Å². The number of amides is 1. The van der Waals surface area contributed by atoms with Crippen LogP contribution in [0.4, 0.5) is 8.78 Å². The normalized spacial score (nSPS) is 14.2. The fourth-order valence-corrected chi connectivity index (χ4v) is 2.46. The van der Waals surface area contributed by atoms with E-state index in [2.05, 4.69) is 4.98 Å². The molecule has 0 aliphatic heterocycles. The zero-order valence-electron chi connectivity index (χ0n) is 12.2. The highest BCUT2D eigenvalue weighted by Gasteiger charge is 2.26. The van der Waals surface area contributed by atoms with E-state index in [4.69, 9.17) is 11.6 Å². The number of rotatable bonds is 3. The van der Waals surface area contributed by atoms with Crippen LogP contribution in [0.1, 0.15) is 31.1 Å². The second-order valence-electron chi connectivity index (χ2n) is 5.12. The van der Waals surface area contributed by atoms with Crippen LogP contribution in [-0.4, -0.2) is 34.5 Å². The fourth-order valence-electron chi connectivity index (χ4n) is 2.31. The molecule has 0 radical (unpaired) electrons. The summed E-state index contributed by atoms with van der Waals surface area (Å²) in [6, 6.07) is 1.26. The quantitative estimate of drug-likeness (QED) is 0.815. The van der Waals surface area contributed by atoms with E-state index in [1.165, 1.54) is 9.47 Å². The van der Waals surface area contributed by atoms with Gasteiger partial charge in [-0.1, -0.05) is 0 Å². The third-order valence-electron chi connectivity index (χ3n) is 3.28. The first-order valence-corrected chi connectivity index (χ1v) is 6.89. The molecule has 0 spiro atoms. The van der Waals surface area contributed by atoms with Crippen LogP contribution in [0, 0.1) is 11.6 Å². The highest BCUT2D eigenvalue weighted by atomic mass is 35.5. The predicted molar refractivity (Wildman–Crippen MR) is 77.3 cm³/mol. The summed E-state index contributed by atoms with van der Waals surface area (Å²) in [5.41, 5.74) is 0.231. The standard InChI is InChI=1S/C14H16ClF2N3O/c1-7(15)13-18-12-10(17)5-9(16)6-11(12)20(13)8(2)14(21)19(3)4/h5-8H,1-4H3. The Morgan fingerprint density at radius 1 is 1.33 bits per heavy atom. The van der Waals surface area contributed by atoms with Crippen LogP contribution in [0.5, 0.6) is 0 Å². The molecule has 1 aromatic heterocycles. The molecule has 1 aromatic carbocycles. The van der Waals surface area contributed by atoms with Gasteiger partial charge in [-0.15, -0.1) is 11.6 Å². The molecule has 0 fully saturated rings. The van der Waals surface area contributed by atoms with Gasteiger partial charge in [-0.3, -0.25) is 4.79 Å². The van der Waals surface area contributed by atoms with E-state index in [0.717, 1.165) is 12.1 Å². The van der Waals surface area contributed by atoms with Gasteiger partial charge in [0, 0.05) is 26.2 Å². The second kappa shape index (κ2) is 5.60. The second-order valence-corrected chi connectivity index (χ2v) is 5.77. The van der Waals surface area contributed by atoms with E-state index < -0.39 is 23.1 Å². The van der Waals surface area contributed by atoms with Crippen LogP contribution in [0.2, 0.25) is 0 Å². The summed E-state index contributed by atoms with van der Waals surface area (Å²) in [7, 11) is 3.23. The zero-order valence-corrected chi connectivity index (χ0v) is 12.9. The molecular formula is C14H16ClF2N3O. The number of halogens is 3. The Kier molecular flexibility index (Phi) is 4.18. The number of fused-ring (bicyclic) bond motifs is 1. The number of imidazole rings is 1. The predicted octanol–water partition coefficient (Wildman–Crippen LogP) is 3.26. The average molecular weight is 316 g/mol. The lowest BCUT2D eigenvalue weighted by Gasteiger charge is -2.21. The van der Waals surface area contributed by atoms with Crippen LogP contribution in [0.25, 0.3) is 11.0 Å². The molecule has 1 amide bonds. The van der Waals surface area contributed by atoms with Gasteiger partial charge in [0.25, 0.3) is 0 Å². The van der Waals surface area contributed by atoms with E-state index in [1.807, 2.05) is 0 Å². The van der Waals surface area contributed by atoms with Gasteiger partial charge in [0.2, 0.25) is 5.91 Å². The molecule has 0 aliphatic rings. The molecule has 0 saturated carbocycles. The maximum absolute atomic E-state index is 13.9. The Morgan fingerprint density at radius 3 is 2.48 bits per heavy atom. The number of carbonyl (C=O) groups excluding carboxylic acids is 1. The highest BCUT2D eigenvalue weighted by Crippen LogP contribution is 2.30. The Labute approximate surface area is 126 Å². The minimum absolute atomic E-state index is 0.0114. The van der Waals surface area contributed by atoms with Gasteiger partial charge in [-0.05, 0) is 13.8 Å². The first kappa shape index (κ1) is 15.7. The van der Waals surface area contributed by atoms with E-state index in [9.17, 15) is 13.6 Å². The van der Waals surface area contributed by atoms with Crippen LogP contribution < -0.4 is 0 Å². The number of benzene rings is 1. The van der Waals surface area contributed by atoms with Gasteiger partial charge >= 0.3 is 0 Å². The van der Waals surface area contributed by atoms with Gasteiger partial charge in [0.1, 0.15) is 23.2 Å². The molecule has 21 heavy (non-hydrogen) atoms. The lowest BCUT2D eigenvalue weighted by atomic mass is 10.2. The molecule has 0 N–H and O–H groups in total. The Balaban J connectivity index is 2.75. The number of hydrogen-bond donors (Lipinski definition) is 0. The summed E-state index contributed by atoms with van der Waals surface area (Å²) in [6.07, 6.45) is 0. The maximum atomic E-state index is 13.9. The van der Waals surface area contributed by atoms with Crippen molar-refractivity contribution < 1.29 is 13.6 Å².